The van der Waals surface area contributed by atoms with Gasteiger partial charge in [0, 0.05) is 18.1 Å². The first-order valence-electron chi connectivity index (χ1n) is 8.13. The summed E-state index contributed by atoms with van der Waals surface area (Å²) in [6.45, 7) is 12.8. The van der Waals surface area contributed by atoms with Crippen molar-refractivity contribution < 1.29 is 0 Å². The molecule has 0 heterocycles. The van der Waals surface area contributed by atoms with Crippen molar-refractivity contribution in [2.24, 2.45) is 22.5 Å². The quantitative estimate of drug-likeness (QED) is 0.817. The lowest BCUT2D eigenvalue weighted by molar-refractivity contribution is 0.0263. The molecule has 2 nitrogen and oxygen atoms in total. The maximum absolute atomic E-state index is 6.23. The first-order chi connectivity index (χ1) is 8.65. The van der Waals surface area contributed by atoms with E-state index >= 15 is 0 Å². The molecule has 0 bridgehead atoms. The smallest absolute Gasteiger partial charge is 0.0316 e. The van der Waals surface area contributed by atoms with Crippen LogP contribution in [-0.2, 0) is 0 Å². The lowest BCUT2D eigenvalue weighted by Gasteiger charge is -2.53. The van der Waals surface area contributed by atoms with E-state index in [1.807, 2.05) is 0 Å². The van der Waals surface area contributed by atoms with Gasteiger partial charge in [0.25, 0.3) is 0 Å². The molecule has 112 valence electrons. The van der Waals surface area contributed by atoms with Gasteiger partial charge in [0.15, 0.2) is 0 Å². The fourth-order valence-electron chi connectivity index (χ4n) is 5.39. The zero-order chi connectivity index (χ0) is 14.3. The van der Waals surface area contributed by atoms with E-state index in [2.05, 4.69) is 39.9 Å². The van der Waals surface area contributed by atoms with Crippen LogP contribution in [0.5, 0.6) is 0 Å². The molecule has 2 heteroatoms. The van der Waals surface area contributed by atoms with Crippen LogP contribution in [0.1, 0.15) is 73.1 Å². The zero-order valence-corrected chi connectivity index (χ0v) is 13.7. The van der Waals surface area contributed by atoms with Gasteiger partial charge in [0.05, 0.1) is 0 Å². The van der Waals surface area contributed by atoms with Crippen LogP contribution in [0.2, 0.25) is 0 Å². The summed E-state index contributed by atoms with van der Waals surface area (Å²) in [5, 5.41) is 4.00. The van der Waals surface area contributed by atoms with Crippen molar-refractivity contribution in [2.45, 2.75) is 84.7 Å². The van der Waals surface area contributed by atoms with Crippen LogP contribution < -0.4 is 11.1 Å². The summed E-state index contributed by atoms with van der Waals surface area (Å²) in [4.78, 5) is 0. The Hall–Kier alpha value is -0.0800. The maximum atomic E-state index is 6.23. The molecular weight excluding hydrogens is 232 g/mol. The summed E-state index contributed by atoms with van der Waals surface area (Å²) < 4.78 is 0. The molecule has 0 aromatic rings. The second-order valence-electron chi connectivity index (χ2n) is 9.10. The molecule has 0 saturated heterocycles. The van der Waals surface area contributed by atoms with E-state index in [0.29, 0.717) is 16.9 Å². The lowest BCUT2D eigenvalue weighted by Crippen LogP contribution is -2.61. The van der Waals surface area contributed by atoms with Crippen molar-refractivity contribution in [1.29, 1.82) is 0 Å². The monoisotopic (exact) mass is 266 g/mol. The van der Waals surface area contributed by atoms with Crippen molar-refractivity contribution in [3.63, 3.8) is 0 Å². The Bertz CT molecular complexity index is 303. The summed E-state index contributed by atoms with van der Waals surface area (Å²) in [6.07, 6.45) is 7.82. The minimum Gasteiger partial charge on any atom is -0.329 e. The van der Waals surface area contributed by atoms with Gasteiger partial charge in [-0.2, -0.15) is 0 Å². The number of nitrogens with one attached hydrogen (secondary N) is 1. The van der Waals surface area contributed by atoms with E-state index in [1.165, 1.54) is 38.5 Å². The predicted molar refractivity (Wildman–Crippen MR) is 83.1 cm³/mol. The second kappa shape index (κ2) is 5.04. The standard InChI is InChI=1S/C17H34N2/c1-13-6-7-14(8-13)19-17(12-18)10-15(2,3)9-16(4,5)11-17/h13-14,19H,6-12,18H2,1-5H3. The van der Waals surface area contributed by atoms with Gasteiger partial charge in [-0.1, -0.05) is 34.6 Å². The molecule has 2 rings (SSSR count). The highest BCUT2D eigenvalue weighted by Gasteiger charge is 2.47. The molecule has 2 atom stereocenters. The second-order valence-corrected chi connectivity index (χ2v) is 9.10. The maximum Gasteiger partial charge on any atom is 0.0316 e. The van der Waals surface area contributed by atoms with E-state index < -0.39 is 0 Å². The van der Waals surface area contributed by atoms with E-state index in [-0.39, 0.29) is 5.54 Å². The van der Waals surface area contributed by atoms with Gasteiger partial charge in [-0.3, -0.25) is 0 Å². The third-order valence-corrected chi connectivity index (χ3v) is 5.19. The average Bonchev–Trinajstić information content (AvgIpc) is 2.58. The summed E-state index contributed by atoms with van der Waals surface area (Å²) in [6, 6.07) is 0.697. The summed E-state index contributed by atoms with van der Waals surface area (Å²) >= 11 is 0. The van der Waals surface area contributed by atoms with Gasteiger partial charge in [0.2, 0.25) is 0 Å². The SMILES string of the molecule is CC1CCC(NC2(CN)CC(C)(C)CC(C)(C)C2)C1. The molecular formula is C17H34N2. The summed E-state index contributed by atoms with van der Waals surface area (Å²) in [7, 11) is 0. The highest BCUT2D eigenvalue weighted by molar-refractivity contribution is 5.05. The number of hydrogen-bond donors (Lipinski definition) is 2. The van der Waals surface area contributed by atoms with Crippen molar-refractivity contribution in [3.05, 3.63) is 0 Å². The van der Waals surface area contributed by atoms with E-state index in [1.54, 1.807) is 0 Å². The van der Waals surface area contributed by atoms with Gasteiger partial charge in [-0.25, -0.2) is 0 Å². The minimum atomic E-state index is 0.167. The molecule has 0 spiro atoms. The van der Waals surface area contributed by atoms with Gasteiger partial charge < -0.3 is 11.1 Å². The average molecular weight is 266 g/mol. The van der Waals surface area contributed by atoms with Crippen LogP contribution in [0.3, 0.4) is 0 Å². The number of rotatable bonds is 3. The van der Waals surface area contributed by atoms with E-state index in [0.717, 1.165) is 12.5 Å². The Morgan fingerprint density at radius 1 is 1.00 bits per heavy atom. The molecule has 2 unspecified atom stereocenters. The van der Waals surface area contributed by atoms with Crippen LogP contribution in [-0.4, -0.2) is 18.1 Å². The normalized spacial score (nSPS) is 36.3. The Morgan fingerprint density at radius 2 is 1.58 bits per heavy atom. The predicted octanol–water partition coefficient (Wildman–Crippen LogP) is 3.70. The fraction of sp³-hybridized carbons (Fsp3) is 1.00. The van der Waals surface area contributed by atoms with E-state index in [4.69, 9.17) is 5.73 Å². The minimum absolute atomic E-state index is 0.167. The van der Waals surface area contributed by atoms with Crippen LogP contribution >= 0.6 is 0 Å². The van der Waals surface area contributed by atoms with Crippen molar-refractivity contribution in [1.82, 2.24) is 5.32 Å². The number of nitrogens with two attached hydrogens (primary N) is 1. The Labute approximate surface area is 119 Å². The number of hydrogen-bond acceptors (Lipinski definition) is 2. The Kier molecular flexibility index (Phi) is 4.06. The summed E-state index contributed by atoms with van der Waals surface area (Å²) in [5.74, 6) is 0.886. The first-order valence-corrected chi connectivity index (χ1v) is 8.13. The molecule has 0 amide bonds. The summed E-state index contributed by atoms with van der Waals surface area (Å²) in [5.41, 5.74) is 7.20. The molecule has 19 heavy (non-hydrogen) atoms. The molecule has 2 saturated carbocycles. The zero-order valence-electron chi connectivity index (χ0n) is 13.7. The molecule has 2 fully saturated rings. The third-order valence-electron chi connectivity index (χ3n) is 5.19. The van der Waals surface area contributed by atoms with Crippen molar-refractivity contribution >= 4 is 0 Å². The van der Waals surface area contributed by atoms with Crippen LogP contribution in [0.15, 0.2) is 0 Å². The van der Waals surface area contributed by atoms with Crippen LogP contribution in [0, 0.1) is 16.7 Å². The topological polar surface area (TPSA) is 38.0 Å². The molecule has 0 aromatic carbocycles. The van der Waals surface area contributed by atoms with Crippen LogP contribution in [0.25, 0.3) is 0 Å². The molecule has 2 aliphatic rings. The fourth-order valence-corrected chi connectivity index (χ4v) is 5.39. The molecule has 0 aromatic heterocycles. The highest BCUT2D eigenvalue weighted by atomic mass is 15.0. The third kappa shape index (κ3) is 3.72. The lowest BCUT2D eigenvalue weighted by atomic mass is 9.58. The molecule has 0 aliphatic heterocycles. The molecule has 0 radical (unpaired) electrons. The van der Waals surface area contributed by atoms with E-state index in [9.17, 15) is 0 Å². The Morgan fingerprint density at radius 3 is 2.00 bits per heavy atom. The van der Waals surface area contributed by atoms with Gasteiger partial charge in [-0.15, -0.1) is 0 Å². The van der Waals surface area contributed by atoms with Crippen molar-refractivity contribution in [3.8, 4) is 0 Å². The van der Waals surface area contributed by atoms with Gasteiger partial charge >= 0.3 is 0 Å². The first kappa shape index (κ1) is 15.3. The van der Waals surface area contributed by atoms with Crippen LogP contribution in [0.4, 0.5) is 0 Å². The van der Waals surface area contributed by atoms with Crippen molar-refractivity contribution in [2.75, 3.05) is 6.54 Å². The molecule has 3 N–H and O–H groups in total. The largest absolute Gasteiger partial charge is 0.329 e. The highest BCUT2D eigenvalue weighted by Crippen LogP contribution is 2.50. The van der Waals surface area contributed by atoms with Gasteiger partial charge in [0.1, 0.15) is 0 Å². The van der Waals surface area contributed by atoms with Gasteiger partial charge in [-0.05, 0) is 55.3 Å². The Balaban J connectivity index is 2.12. The molecule has 2 aliphatic carbocycles.